The number of esters is 1. The van der Waals surface area contributed by atoms with E-state index in [9.17, 15) is 9.70 Å². The van der Waals surface area contributed by atoms with E-state index in [0.29, 0.717) is 11.3 Å². The summed E-state index contributed by atoms with van der Waals surface area (Å²) in [5, 5.41) is 2.84. The molecule has 0 saturated carbocycles. The van der Waals surface area contributed by atoms with E-state index < -0.39 is 0 Å². The Morgan fingerprint density at radius 2 is 2.29 bits per heavy atom. The van der Waals surface area contributed by atoms with Crippen LogP contribution in [0.2, 0.25) is 0 Å². The largest absolute Gasteiger partial charge is 0.469 e. The zero-order chi connectivity index (χ0) is 10.6. The Bertz CT molecular complexity index is 365. The van der Waals surface area contributed by atoms with Crippen LogP contribution in [0.5, 0.6) is 0 Å². The maximum absolute atomic E-state index is 11.0. The van der Waals surface area contributed by atoms with Crippen molar-refractivity contribution >= 4 is 25.0 Å². The molecule has 4 nitrogen and oxygen atoms in total. The third-order valence-electron chi connectivity index (χ3n) is 1.90. The molecule has 0 saturated heterocycles. The number of ether oxygens (including phenoxy) is 1. The summed E-state index contributed by atoms with van der Waals surface area (Å²) in [5.74, 6) is -0.375. The van der Waals surface area contributed by atoms with E-state index in [2.05, 4.69) is 9.91 Å². The first-order valence-electron chi connectivity index (χ1n) is 4.17. The van der Waals surface area contributed by atoms with Crippen molar-refractivity contribution in [3.63, 3.8) is 0 Å². The van der Waals surface area contributed by atoms with E-state index in [1.54, 1.807) is 18.2 Å². The maximum atomic E-state index is 11.0. The molecule has 0 heterocycles. The van der Waals surface area contributed by atoms with Gasteiger partial charge in [0.2, 0.25) is 0 Å². The highest BCUT2D eigenvalue weighted by Gasteiger charge is 2.08. The van der Waals surface area contributed by atoms with Gasteiger partial charge in [-0.15, -0.1) is 4.91 Å². The number of hydrogen-bond acceptors (Lipinski definition) is 4. The van der Waals surface area contributed by atoms with Gasteiger partial charge in [-0.25, -0.2) is 0 Å². The fourth-order valence-electron chi connectivity index (χ4n) is 1.17. The summed E-state index contributed by atoms with van der Waals surface area (Å²) < 4.78 is 4.51. The van der Waals surface area contributed by atoms with Crippen LogP contribution in [-0.4, -0.2) is 20.9 Å². The Labute approximate surface area is 82.6 Å². The van der Waals surface area contributed by atoms with Gasteiger partial charge < -0.3 is 4.74 Å². The molecular formula is C9H10BNO3. The van der Waals surface area contributed by atoms with E-state index in [0.717, 1.165) is 5.46 Å². The summed E-state index contributed by atoms with van der Waals surface area (Å²) in [6.45, 7) is 0. The monoisotopic (exact) mass is 191 g/mol. The van der Waals surface area contributed by atoms with Crippen molar-refractivity contribution in [2.75, 3.05) is 7.11 Å². The van der Waals surface area contributed by atoms with Gasteiger partial charge in [-0.3, -0.25) is 4.79 Å². The summed E-state index contributed by atoms with van der Waals surface area (Å²) in [7, 11) is 3.20. The molecule has 0 aliphatic carbocycles. The van der Waals surface area contributed by atoms with Gasteiger partial charge in [-0.05, 0) is 16.8 Å². The number of nitroso groups, excluding NO2 is 1. The molecule has 1 aromatic rings. The molecule has 14 heavy (non-hydrogen) atoms. The van der Waals surface area contributed by atoms with Gasteiger partial charge in [-0.2, -0.15) is 0 Å². The molecule has 0 bridgehead atoms. The van der Waals surface area contributed by atoms with Gasteiger partial charge in [0.15, 0.2) is 0 Å². The van der Waals surface area contributed by atoms with Crippen molar-refractivity contribution < 1.29 is 9.53 Å². The minimum Gasteiger partial charge on any atom is -0.469 e. The average Bonchev–Trinajstić information content (AvgIpc) is 2.18. The molecule has 1 aromatic carbocycles. The van der Waals surface area contributed by atoms with Crippen molar-refractivity contribution in [2.24, 2.45) is 5.18 Å². The van der Waals surface area contributed by atoms with Gasteiger partial charge in [0.25, 0.3) is 0 Å². The number of carbonyl (C=O) groups is 1. The third kappa shape index (κ3) is 2.42. The smallest absolute Gasteiger partial charge is 0.310 e. The SMILES string of the molecule is Bc1ccc(N=O)c(CC(=O)OC)c1. The summed E-state index contributed by atoms with van der Waals surface area (Å²) in [4.78, 5) is 21.4. The zero-order valence-electron chi connectivity index (χ0n) is 8.11. The van der Waals surface area contributed by atoms with E-state index in [-0.39, 0.29) is 12.4 Å². The summed E-state index contributed by atoms with van der Waals surface area (Å²) in [6.07, 6.45) is 0.0826. The lowest BCUT2D eigenvalue weighted by Gasteiger charge is -2.03. The first-order valence-corrected chi connectivity index (χ1v) is 4.17. The lowest BCUT2D eigenvalue weighted by Crippen LogP contribution is -2.08. The quantitative estimate of drug-likeness (QED) is 0.385. The number of benzene rings is 1. The summed E-state index contributed by atoms with van der Waals surface area (Å²) in [5.41, 5.74) is 1.88. The topological polar surface area (TPSA) is 55.7 Å². The van der Waals surface area contributed by atoms with Crippen LogP contribution in [0.3, 0.4) is 0 Å². The first-order chi connectivity index (χ1) is 6.67. The normalized spacial score (nSPS) is 9.50. The lowest BCUT2D eigenvalue weighted by atomic mass is 9.93. The molecule has 0 aliphatic heterocycles. The van der Waals surface area contributed by atoms with Crippen LogP contribution in [0.4, 0.5) is 5.69 Å². The number of methoxy groups -OCH3 is 1. The number of carbonyl (C=O) groups excluding carboxylic acids is 1. The Balaban J connectivity index is 2.98. The zero-order valence-corrected chi connectivity index (χ0v) is 8.11. The molecule has 72 valence electrons. The van der Waals surface area contributed by atoms with Crippen LogP contribution < -0.4 is 5.46 Å². The molecule has 0 amide bonds. The Kier molecular flexibility index (Phi) is 3.39. The van der Waals surface area contributed by atoms with Gasteiger partial charge in [-0.1, -0.05) is 17.6 Å². The predicted octanol–water partition coefficient (Wildman–Crippen LogP) is 0.0584. The molecule has 1 rings (SSSR count). The Hall–Kier alpha value is -1.65. The fourth-order valence-corrected chi connectivity index (χ4v) is 1.17. The molecule has 0 aromatic heterocycles. The van der Waals surface area contributed by atoms with Crippen molar-refractivity contribution in [1.82, 2.24) is 0 Å². The van der Waals surface area contributed by atoms with Crippen molar-refractivity contribution in [2.45, 2.75) is 6.42 Å². The highest BCUT2D eigenvalue weighted by molar-refractivity contribution is 6.32. The van der Waals surface area contributed by atoms with Crippen LogP contribution >= 0.6 is 0 Å². The molecule has 0 spiro atoms. The number of nitrogens with zero attached hydrogens (tertiary/aromatic N) is 1. The van der Waals surface area contributed by atoms with E-state index in [1.807, 2.05) is 7.85 Å². The molecule has 0 aliphatic rings. The van der Waals surface area contributed by atoms with Gasteiger partial charge in [0, 0.05) is 0 Å². The van der Waals surface area contributed by atoms with E-state index >= 15 is 0 Å². The molecule has 5 heteroatoms. The van der Waals surface area contributed by atoms with Crippen LogP contribution in [0.25, 0.3) is 0 Å². The summed E-state index contributed by atoms with van der Waals surface area (Å²) >= 11 is 0. The van der Waals surface area contributed by atoms with Gasteiger partial charge in [0.05, 0.1) is 13.5 Å². The highest BCUT2D eigenvalue weighted by atomic mass is 16.5. The van der Waals surface area contributed by atoms with E-state index in [1.165, 1.54) is 7.11 Å². The minimum absolute atomic E-state index is 0.0826. The second-order valence-electron chi connectivity index (χ2n) is 2.98. The predicted molar refractivity (Wildman–Crippen MR) is 55.8 cm³/mol. The van der Waals surface area contributed by atoms with Crippen LogP contribution in [0.1, 0.15) is 5.56 Å². The Morgan fingerprint density at radius 3 is 2.86 bits per heavy atom. The minimum atomic E-state index is -0.375. The molecule has 0 fully saturated rings. The van der Waals surface area contributed by atoms with Gasteiger partial charge >= 0.3 is 5.97 Å². The van der Waals surface area contributed by atoms with Crippen LogP contribution in [0, 0.1) is 4.91 Å². The van der Waals surface area contributed by atoms with Crippen LogP contribution in [-0.2, 0) is 16.0 Å². The average molecular weight is 191 g/mol. The van der Waals surface area contributed by atoms with Crippen molar-refractivity contribution in [3.8, 4) is 0 Å². The molecule has 0 N–H and O–H groups in total. The van der Waals surface area contributed by atoms with Crippen molar-refractivity contribution in [3.05, 3.63) is 28.7 Å². The first kappa shape index (κ1) is 10.4. The second kappa shape index (κ2) is 4.55. The number of rotatable bonds is 3. The molecule has 0 radical (unpaired) electrons. The Morgan fingerprint density at radius 1 is 1.57 bits per heavy atom. The molecular weight excluding hydrogens is 181 g/mol. The van der Waals surface area contributed by atoms with Crippen LogP contribution in [0.15, 0.2) is 23.4 Å². The third-order valence-corrected chi connectivity index (χ3v) is 1.90. The van der Waals surface area contributed by atoms with E-state index in [4.69, 9.17) is 0 Å². The second-order valence-corrected chi connectivity index (χ2v) is 2.98. The number of hydrogen-bond donors (Lipinski definition) is 0. The molecule has 0 atom stereocenters. The highest BCUT2D eigenvalue weighted by Crippen LogP contribution is 2.17. The van der Waals surface area contributed by atoms with Crippen molar-refractivity contribution in [1.29, 1.82) is 0 Å². The summed E-state index contributed by atoms with van der Waals surface area (Å²) in [6, 6.07) is 5.13. The fraction of sp³-hybridized carbons (Fsp3) is 0.222. The van der Waals surface area contributed by atoms with Gasteiger partial charge in [0.1, 0.15) is 13.5 Å². The maximum Gasteiger partial charge on any atom is 0.310 e. The lowest BCUT2D eigenvalue weighted by molar-refractivity contribution is -0.139. The standard InChI is InChI=1S/C9H10BNO3/c1-14-9(12)5-6-4-7(10)2-3-8(6)11-13/h2-4H,5,10H2,1H3. The molecule has 0 unspecified atom stereocenters.